The molecular formula is C24H22IN3O6. The molecule has 0 aliphatic heterocycles. The van der Waals surface area contributed by atoms with Crippen LogP contribution in [0.5, 0.6) is 11.5 Å². The lowest BCUT2D eigenvalue weighted by molar-refractivity contribution is -0.384. The highest BCUT2D eigenvalue weighted by Gasteiger charge is 2.12. The van der Waals surface area contributed by atoms with E-state index in [4.69, 9.17) is 14.3 Å². The number of hydrogen-bond donors (Lipinski definition) is 1. The summed E-state index contributed by atoms with van der Waals surface area (Å²) in [6.07, 6.45) is 1.48. The lowest BCUT2D eigenvalue weighted by Crippen LogP contribution is -2.16. The topological polar surface area (TPSA) is 112 Å². The number of halogens is 1. The van der Waals surface area contributed by atoms with Crippen molar-refractivity contribution in [1.29, 1.82) is 0 Å². The van der Waals surface area contributed by atoms with Gasteiger partial charge < -0.3 is 19.6 Å². The van der Waals surface area contributed by atoms with Crippen LogP contribution >= 0.6 is 22.6 Å². The van der Waals surface area contributed by atoms with E-state index in [0.717, 1.165) is 14.7 Å². The average Bonchev–Trinajstić information content (AvgIpc) is 2.82. The van der Waals surface area contributed by atoms with E-state index in [-0.39, 0.29) is 24.8 Å². The van der Waals surface area contributed by atoms with Crippen molar-refractivity contribution in [3.63, 3.8) is 0 Å². The van der Waals surface area contributed by atoms with Crippen molar-refractivity contribution in [1.82, 2.24) is 0 Å². The monoisotopic (exact) mass is 575 g/mol. The van der Waals surface area contributed by atoms with Crippen LogP contribution in [0.4, 0.5) is 11.4 Å². The number of carbonyl (C=O) groups is 1. The number of oxime groups is 1. The van der Waals surface area contributed by atoms with E-state index in [1.54, 1.807) is 18.2 Å². The maximum absolute atomic E-state index is 12.0. The minimum absolute atomic E-state index is 0.0226. The Morgan fingerprint density at radius 3 is 2.50 bits per heavy atom. The third kappa shape index (κ3) is 7.17. The molecule has 3 aromatic carbocycles. The van der Waals surface area contributed by atoms with Crippen LogP contribution in [0.15, 0.2) is 65.8 Å². The zero-order chi connectivity index (χ0) is 24.5. The molecule has 0 bridgehead atoms. The molecule has 3 rings (SSSR count). The molecular weight excluding hydrogens is 553 g/mol. The molecule has 1 amide bonds. The summed E-state index contributed by atoms with van der Waals surface area (Å²) in [4.78, 5) is 27.4. The van der Waals surface area contributed by atoms with Gasteiger partial charge in [0.25, 0.3) is 11.6 Å². The number of nitro groups is 1. The summed E-state index contributed by atoms with van der Waals surface area (Å²) >= 11 is 2.12. The fourth-order valence-electron chi connectivity index (χ4n) is 2.85. The molecule has 0 aromatic heterocycles. The fraction of sp³-hybridized carbons (Fsp3) is 0.167. The van der Waals surface area contributed by atoms with Crippen LogP contribution in [0.1, 0.15) is 16.7 Å². The van der Waals surface area contributed by atoms with Gasteiger partial charge in [-0.1, -0.05) is 22.9 Å². The van der Waals surface area contributed by atoms with E-state index >= 15 is 0 Å². The highest BCUT2D eigenvalue weighted by molar-refractivity contribution is 14.1. The Balaban J connectivity index is 1.56. The second kappa shape index (κ2) is 12.0. The molecule has 0 atom stereocenters. The van der Waals surface area contributed by atoms with Crippen LogP contribution in [-0.4, -0.2) is 30.8 Å². The average molecular weight is 575 g/mol. The highest BCUT2D eigenvalue weighted by atomic mass is 127. The largest absolute Gasteiger partial charge is 0.493 e. The first-order valence-electron chi connectivity index (χ1n) is 10.1. The van der Waals surface area contributed by atoms with E-state index in [1.165, 1.54) is 25.5 Å². The number of rotatable bonds is 10. The van der Waals surface area contributed by atoms with Crippen molar-refractivity contribution in [2.45, 2.75) is 13.5 Å². The first-order valence-corrected chi connectivity index (χ1v) is 11.2. The summed E-state index contributed by atoms with van der Waals surface area (Å²) in [5.41, 5.74) is 3.29. The van der Waals surface area contributed by atoms with Crippen molar-refractivity contribution < 1.29 is 24.0 Å². The van der Waals surface area contributed by atoms with Crippen molar-refractivity contribution in [2.75, 3.05) is 19.0 Å². The Hall–Kier alpha value is -3.67. The van der Waals surface area contributed by atoms with Gasteiger partial charge in [0.05, 0.1) is 21.8 Å². The molecule has 0 radical (unpaired) electrons. The summed E-state index contributed by atoms with van der Waals surface area (Å²) in [7, 11) is 1.52. The number of hydrogen-bond acceptors (Lipinski definition) is 7. The third-order valence-corrected chi connectivity index (χ3v) is 5.39. The van der Waals surface area contributed by atoms with Gasteiger partial charge in [-0.15, -0.1) is 0 Å². The first-order chi connectivity index (χ1) is 16.4. The molecule has 176 valence electrons. The summed E-state index contributed by atoms with van der Waals surface area (Å²) in [6, 6.07) is 17.1. The van der Waals surface area contributed by atoms with Crippen LogP contribution in [0.25, 0.3) is 0 Å². The minimum Gasteiger partial charge on any atom is -0.493 e. The predicted molar refractivity (Wildman–Crippen MR) is 136 cm³/mol. The smallest absolute Gasteiger partial charge is 0.269 e. The van der Waals surface area contributed by atoms with Crippen LogP contribution in [-0.2, 0) is 16.2 Å². The fourth-order valence-corrected chi connectivity index (χ4v) is 3.63. The molecule has 0 fully saturated rings. The number of carbonyl (C=O) groups excluding carboxylic acids is 1. The first kappa shape index (κ1) is 25.0. The number of methoxy groups -OCH3 is 1. The van der Waals surface area contributed by atoms with Crippen LogP contribution in [0.2, 0.25) is 0 Å². The number of nitrogens with zero attached hydrogens (tertiary/aromatic N) is 2. The molecule has 0 saturated heterocycles. The SMILES string of the molecule is COc1cc(/C=N/OCC(=O)Nc2ccc(C)cc2)cc(I)c1OCc1ccc([N+](=O)[O-])cc1. The highest BCUT2D eigenvalue weighted by Crippen LogP contribution is 2.34. The van der Waals surface area contributed by atoms with Crippen molar-refractivity contribution in [3.05, 3.63) is 91.0 Å². The second-order valence-electron chi connectivity index (χ2n) is 7.17. The standard InChI is InChI=1S/C24H22IN3O6/c1-16-3-7-19(8-4-16)27-23(29)15-34-26-13-18-11-21(25)24(22(12-18)32-2)33-14-17-5-9-20(10-6-17)28(30)31/h3-13H,14-15H2,1-2H3,(H,27,29)/b26-13+. The Kier molecular flexibility index (Phi) is 8.79. The normalized spacial score (nSPS) is 10.7. The van der Waals surface area contributed by atoms with Crippen LogP contribution < -0.4 is 14.8 Å². The molecule has 0 aliphatic carbocycles. The van der Waals surface area contributed by atoms with Crippen LogP contribution in [0.3, 0.4) is 0 Å². The van der Waals surface area contributed by atoms with E-state index in [0.29, 0.717) is 22.7 Å². The Morgan fingerprint density at radius 1 is 1.15 bits per heavy atom. The molecule has 3 aromatic rings. The van der Waals surface area contributed by atoms with Crippen LogP contribution in [0, 0.1) is 20.6 Å². The Bertz CT molecular complexity index is 1180. The number of aryl methyl sites for hydroxylation is 1. The quantitative estimate of drug-likeness (QED) is 0.156. The van der Waals surface area contributed by atoms with Gasteiger partial charge >= 0.3 is 0 Å². The molecule has 0 spiro atoms. The van der Waals surface area contributed by atoms with E-state index in [2.05, 4.69) is 33.1 Å². The molecule has 10 heteroatoms. The van der Waals surface area contributed by atoms with Gasteiger partial charge in [0, 0.05) is 23.4 Å². The van der Waals surface area contributed by atoms with E-state index in [1.807, 2.05) is 37.3 Å². The molecule has 34 heavy (non-hydrogen) atoms. The molecule has 0 heterocycles. The lowest BCUT2D eigenvalue weighted by atomic mass is 10.2. The molecule has 1 N–H and O–H groups in total. The number of nitrogens with one attached hydrogen (secondary N) is 1. The number of anilines is 1. The van der Waals surface area contributed by atoms with Gasteiger partial charge in [0.2, 0.25) is 0 Å². The number of non-ortho nitro benzene ring substituents is 1. The molecule has 0 unspecified atom stereocenters. The Labute approximate surface area is 210 Å². The zero-order valence-corrected chi connectivity index (χ0v) is 20.6. The maximum Gasteiger partial charge on any atom is 0.269 e. The van der Waals surface area contributed by atoms with Gasteiger partial charge in [-0.2, -0.15) is 0 Å². The molecule has 0 saturated carbocycles. The van der Waals surface area contributed by atoms with Crippen molar-refractivity contribution in [2.24, 2.45) is 5.16 Å². The van der Waals surface area contributed by atoms with Gasteiger partial charge in [-0.25, -0.2) is 0 Å². The van der Waals surface area contributed by atoms with Crippen molar-refractivity contribution >= 4 is 46.1 Å². The number of ether oxygens (including phenoxy) is 2. The summed E-state index contributed by atoms with van der Waals surface area (Å²) in [5.74, 6) is 0.715. The van der Waals surface area contributed by atoms with Gasteiger partial charge in [0.1, 0.15) is 6.61 Å². The van der Waals surface area contributed by atoms with Crippen molar-refractivity contribution in [3.8, 4) is 11.5 Å². The lowest BCUT2D eigenvalue weighted by Gasteiger charge is -2.13. The number of amides is 1. The number of benzene rings is 3. The summed E-state index contributed by atoms with van der Waals surface area (Å²) < 4.78 is 12.1. The molecule has 9 nitrogen and oxygen atoms in total. The zero-order valence-electron chi connectivity index (χ0n) is 18.5. The third-order valence-electron chi connectivity index (χ3n) is 4.59. The van der Waals surface area contributed by atoms with E-state index in [9.17, 15) is 14.9 Å². The van der Waals surface area contributed by atoms with Gasteiger partial charge in [-0.3, -0.25) is 14.9 Å². The number of nitro benzene ring substituents is 1. The second-order valence-corrected chi connectivity index (χ2v) is 8.33. The Morgan fingerprint density at radius 2 is 1.85 bits per heavy atom. The van der Waals surface area contributed by atoms with Gasteiger partial charge in [0.15, 0.2) is 18.1 Å². The van der Waals surface area contributed by atoms with Gasteiger partial charge in [-0.05, 0) is 71.5 Å². The summed E-state index contributed by atoms with van der Waals surface area (Å²) in [5, 5.41) is 17.4. The minimum atomic E-state index is -0.447. The van der Waals surface area contributed by atoms with E-state index < -0.39 is 4.92 Å². The summed E-state index contributed by atoms with van der Waals surface area (Å²) in [6.45, 7) is 1.96. The predicted octanol–water partition coefficient (Wildman–Crippen LogP) is 5.08. The maximum atomic E-state index is 12.0. The molecule has 0 aliphatic rings.